The fraction of sp³-hybridized carbons (Fsp3) is 0.400. The average Bonchev–Trinajstić information content (AvgIpc) is 2.59. The summed E-state index contributed by atoms with van der Waals surface area (Å²) >= 11 is 0. The summed E-state index contributed by atoms with van der Waals surface area (Å²) in [6.45, 7) is 5.89. The molecule has 2 atom stereocenters. The Morgan fingerprint density at radius 3 is 2.50 bits per heavy atom. The van der Waals surface area contributed by atoms with E-state index in [-0.39, 0.29) is 12.2 Å². The van der Waals surface area contributed by atoms with Gasteiger partial charge in [-0.05, 0) is 31.5 Å². The highest BCUT2D eigenvalue weighted by atomic mass is 16.5. The Kier molecular flexibility index (Phi) is 4.67. The lowest BCUT2D eigenvalue weighted by Crippen LogP contribution is -2.25. The van der Waals surface area contributed by atoms with Gasteiger partial charge in [0.2, 0.25) is 0 Å². The van der Waals surface area contributed by atoms with Crippen LogP contribution in [0.15, 0.2) is 30.9 Å². The first-order valence-electron chi connectivity index (χ1n) is 8.15. The van der Waals surface area contributed by atoms with Crippen molar-refractivity contribution < 1.29 is 18.9 Å². The Balaban J connectivity index is 2.31. The maximum absolute atomic E-state index is 6.16. The van der Waals surface area contributed by atoms with Gasteiger partial charge in [0, 0.05) is 28.3 Å². The third kappa shape index (κ3) is 2.61. The van der Waals surface area contributed by atoms with E-state index < -0.39 is 0 Å². The van der Waals surface area contributed by atoms with Crippen molar-refractivity contribution in [3.63, 3.8) is 0 Å². The van der Waals surface area contributed by atoms with Crippen LogP contribution in [0.25, 0.3) is 10.8 Å². The predicted molar refractivity (Wildman–Crippen MR) is 95.4 cm³/mol. The quantitative estimate of drug-likeness (QED) is 0.760. The van der Waals surface area contributed by atoms with E-state index in [0.717, 1.165) is 52.0 Å². The summed E-state index contributed by atoms with van der Waals surface area (Å²) in [4.78, 5) is 0. The molecule has 4 nitrogen and oxygen atoms in total. The lowest BCUT2D eigenvalue weighted by atomic mass is 9.88. The van der Waals surface area contributed by atoms with Gasteiger partial charge in [-0.15, -0.1) is 6.58 Å². The van der Waals surface area contributed by atoms with E-state index in [4.69, 9.17) is 18.9 Å². The van der Waals surface area contributed by atoms with E-state index in [1.807, 2.05) is 24.3 Å². The van der Waals surface area contributed by atoms with Crippen LogP contribution in [0.3, 0.4) is 0 Å². The molecule has 24 heavy (non-hydrogen) atoms. The third-order valence-electron chi connectivity index (χ3n) is 4.63. The first-order valence-corrected chi connectivity index (χ1v) is 8.15. The van der Waals surface area contributed by atoms with Gasteiger partial charge >= 0.3 is 0 Å². The Morgan fingerprint density at radius 2 is 1.88 bits per heavy atom. The zero-order chi connectivity index (χ0) is 17.3. The Hall–Kier alpha value is -2.20. The van der Waals surface area contributed by atoms with Crippen LogP contribution >= 0.6 is 0 Å². The molecule has 0 radical (unpaired) electrons. The Morgan fingerprint density at radius 1 is 1.12 bits per heavy atom. The molecule has 1 heterocycles. The number of fused-ring (bicyclic) bond motifs is 2. The second-order valence-corrected chi connectivity index (χ2v) is 6.00. The van der Waals surface area contributed by atoms with Crippen molar-refractivity contribution in [2.24, 2.45) is 0 Å². The number of benzene rings is 2. The van der Waals surface area contributed by atoms with Crippen LogP contribution in [-0.2, 0) is 11.2 Å². The van der Waals surface area contributed by atoms with Gasteiger partial charge < -0.3 is 18.9 Å². The second-order valence-electron chi connectivity index (χ2n) is 6.00. The van der Waals surface area contributed by atoms with Crippen molar-refractivity contribution in [3.8, 4) is 17.2 Å². The molecule has 2 aromatic rings. The van der Waals surface area contributed by atoms with Crippen LogP contribution in [0, 0.1) is 0 Å². The molecule has 1 aliphatic rings. The van der Waals surface area contributed by atoms with Gasteiger partial charge in [-0.3, -0.25) is 0 Å². The maximum atomic E-state index is 6.16. The summed E-state index contributed by atoms with van der Waals surface area (Å²) in [5.74, 6) is 2.52. The van der Waals surface area contributed by atoms with Crippen molar-refractivity contribution in [2.45, 2.75) is 32.0 Å². The molecule has 128 valence electrons. The molecule has 0 spiro atoms. The van der Waals surface area contributed by atoms with E-state index in [1.54, 1.807) is 21.3 Å². The van der Waals surface area contributed by atoms with Crippen molar-refractivity contribution in [3.05, 3.63) is 42.0 Å². The molecule has 0 unspecified atom stereocenters. The highest BCUT2D eigenvalue weighted by Crippen LogP contribution is 2.48. The monoisotopic (exact) mass is 328 g/mol. The molecule has 0 aromatic heterocycles. The topological polar surface area (TPSA) is 36.9 Å². The molecule has 1 aliphatic heterocycles. The molecule has 0 saturated heterocycles. The molecule has 0 fully saturated rings. The zero-order valence-corrected chi connectivity index (χ0v) is 14.7. The minimum atomic E-state index is -0.0712. The predicted octanol–water partition coefficient (Wildman–Crippen LogP) is 4.44. The minimum absolute atomic E-state index is 0.0712. The largest absolute Gasteiger partial charge is 0.497 e. The standard InChI is InChI=1S/C20H24O4/c1-6-7-14-11-17-18(12(2)24-14)20(23-5)16-10-13(21-3)8-9-15(16)19(17)22-4/h6,8-10,12,14H,1,7,11H2,2-5H3/t12-,14+/m1/s1. The molecular formula is C20H24O4. The van der Waals surface area contributed by atoms with Crippen LogP contribution in [0.2, 0.25) is 0 Å². The van der Waals surface area contributed by atoms with Gasteiger partial charge in [0.05, 0.1) is 33.5 Å². The zero-order valence-electron chi connectivity index (χ0n) is 14.7. The third-order valence-corrected chi connectivity index (χ3v) is 4.63. The lowest BCUT2D eigenvalue weighted by Gasteiger charge is -2.33. The fourth-order valence-corrected chi connectivity index (χ4v) is 3.65. The average molecular weight is 328 g/mol. The molecule has 3 rings (SSSR count). The number of hydrogen-bond acceptors (Lipinski definition) is 4. The van der Waals surface area contributed by atoms with E-state index in [0.29, 0.717) is 0 Å². The summed E-state index contributed by atoms with van der Waals surface area (Å²) < 4.78 is 23.1. The summed E-state index contributed by atoms with van der Waals surface area (Å²) in [7, 11) is 5.08. The molecular weight excluding hydrogens is 304 g/mol. The van der Waals surface area contributed by atoms with Gasteiger partial charge in [-0.25, -0.2) is 0 Å². The fourth-order valence-electron chi connectivity index (χ4n) is 3.65. The van der Waals surface area contributed by atoms with Crippen molar-refractivity contribution in [1.82, 2.24) is 0 Å². The smallest absolute Gasteiger partial charge is 0.133 e. The van der Waals surface area contributed by atoms with Crippen LogP contribution in [0.5, 0.6) is 17.2 Å². The summed E-state index contributed by atoms with van der Waals surface area (Å²) in [6.07, 6.45) is 3.54. The highest BCUT2D eigenvalue weighted by molar-refractivity contribution is 5.97. The van der Waals surface area contributed by atoms with Crippen LogP contribution in [0.1, 0.15) is 30.6 Å². The normalized spacial score (nSPS) is 19.7. The Labute approximate surface area is 143 Å². The SMILES string of the molecule is C=CC[C@H]1Cc2c(c(OC)c3cc(OC)ccc3c2OC)[C@@H](C)O1. The highest BCUT2D eigenvalue weighted by Gasteiger charge is 2.32. The van der Waals surface area contributed by atoms with E-state index >= 15 is 0 Å². The number of ether oxygens (including phenoxy) is 4. The van der Waals surface area contributed by atoms with E-state index in [1.165, 1.54) is 0 Å². The van der Waals surface area contributed by atoms with Crippen LogP contribution in [0.4, 0.5) is 0 Å². The van der Waals surface area contributed by atoms with Gasteiger partial charge in [-0.2, -0.15) is 0 Å². The number of methoxy groups -OCH3 is 3. The Bertz CT molecular complexity index is 766. The molecule has 4 heteroatoms. The first kappa shape index (κ1) is 16.7. The summed E-state index contributed by atoms with van der Waals surface area (Å²) in [5, 5.41) is 2.01. The summed E-state index contributed by atoms with van der Waals surface area (Å²) in [6, 6.07) is 5.96. The van der Waals surface area contributed by atoms with E-state index in [9.17, 15) is 0 Å². The van der Waals surface area contributed by atoms with Crippen LogP contribution in [-0.4, -0.2) is 27.4 Å². The van der Waals surface area contributed by atoms with Gasteiger partial charge in [-0.1, -0.05) is 6.08 Å². The first-order chi connectivity index (χ1) is 11.6. The van der Waals surface area contributed by atoms with Crippen LogP contribution < -0.4 is 14.2 Å². The molecule has 0 aliphatic carbocycles. The summed E-state index contributed by atoms with van der Waals surface area (Å²) in [5.41, 5.74) is 2.23. The lowest BCUT2D eigenvalue weighted by molar-refractivity contribution is -0.0151. The second kappa shape index (κ2) is 6.73. The van der Waals surface area contributed by atoms with E-state index in [2.05, 4.69) is 13.5 Å². The molecule has 0 amide bonds. The van der Waals surface area contributed by atoms with Gasteiger partial charge in [0.1, 0.15) is 17.2 Å². The molecule has 0 saturated carbocycles. The van der Waals surface area contributed by atoms with Crippen molar-refractivity contribution >= 4 is 10.8 Å². The minimum Gasteiger partial charge on any atom is -0.497 e. The van der Waals surface area contributed by atoms with Gasteiger partial charge in [0.15, 0.2) is 0 Å². The van der Waals surface area contributed by atoms with Crippen molar-refractivity contribution in [2.75, 3.05) is 21.3 Å². The van der Waals surface area contributed by atoms with Gasteiger partial charge in [0.25, 0.3) is 0 Å². The maximum Gasteiger partial charge on any atom is 0.133 e. The number of rotatable bonds is 5. The molecule has 0 N–H and O–H groups in total. The van der Waals surface area contributed by atoms with Crippen molar-refractivity contribution in [1.29, 1.82) is 0 Å². The molecule has 0 bridgehead atoms. The number of hydrogen-bond donors (Lipinski definition) is 0. The molecule has 2 aromatic carbocycles.